The first-order chi connectivity index (χ1) is 8.75. The fraction of sp³-hybridized carbons (Fsp3) is 0.500. The molecule has 0 saturated carbocycles. The van der Waals surface area contributed by atoms with Crippen LogP contribution in [-0.2, 0) is 16.0 Å². The van der Waals surface area contributed by atoms with Crippen LogP contribution >= 0.6 is 0 Å². The second-order valence-corrected chi connectivity index (χ2v) is 4.55. The maximum Gasteiger partial charge on any atom is 0.151 e. The van der Waals surface area contributed by atoms with Crippen LogP contribution in [0.15, 0.2) is 24.3 Å². The van der Waals surface area contributed by atoms with Gasteiger partial charge in [-0.1, -0.05) is 18.2 Å². The maximum absolute atomic E-state index is 13.4. The van der Waals surface area contributed by atoms with E-state index in [1.165, 1.54) is 6.07 Å². The minimum Gasteiger partial charge on any atom is -0.380 e. The number of Topliss-reactive ketones (excluding diaryl/α,β-unsaturated/α-hetero) is 1. The van der Waals surface area contributed by atoms with E-state index in [4.69, 9.17) is 4.74 Å². The summed E-state index contributed by atoms with van der Waals surface area (Å²) < 4.78 is 18.7. The number of ether oxygens (including phenoxy) is 1. The predicted molar refractivity (Wildman–Crippen MR) is 67.0 cm³/mol. The van der Waals surface area contributed by atoms with Gasteiger partial charge >= 0.3 is 0 Å². The molecule has 2 rings (SSSR count). The first-order valence-corrected chi connectivity index (χ1v) is 6.31. The maximum atomic E-state index is 13.4. The SMILES string of the molecule is O=C(Cc1ccccc1F)CN1CCCOCC1. The molecule has 0 aromatic heterocycles. The van der Waals surface area contributed by atoms with E-state index in [0.29, 0.717) is 18.7 Å². The monoisotopic (exact) mass is 251 g/mol. The summed E-state index contributed by atoms with van der Waals surface area (Å²) in [6.07, 6.45) is 1.12. The molecule has 1 aliphatic heterocycles. The van der Waals surface area contributed by atoms with Crippen molar-refractivity contribution in [2.24, 2.45) is 0 Å². The van der Waals surface area contributed by atoms with E-state index in [2.05, 4.69) is 4.90 Å². The molecule has 0 N–H and O–H groups in total. The second kappa shape index (κ2) is 6.61. The van der Waals surface area contributed by atoms with Gasteiger partial charge < -0.3 is 4.74 Å². The molecule has 0 bridgehead atoms. The normalized spacial score (nSPS) is 17.4. The van der Waals surface area contributed by atoms with Crippen LogP contribution in [0, 0.1) is 5.82 Å². The number of halogens is 1. The molecule has 1 heterocycles. The lowest BCUT2D eigenvalue weighted by atomic mass is 10.1. The Hall–Kier alpha value is -1.26. The zero-order valence-electron chi connectivity index (χ0n) is 10.4. The molecule has 0 radical (unpaired) electrons. The molecule has 3 nitrogen and oxygen atoms in total. The molecule has 1 aromatic rings. The number of ketones is 1. The number of carbonyl (C=O) groups is 1. The quantitative estimate of drug-likeness (QED) is 0.815. The summed E-state index contributed by atoms with van der Waals surface area (Å²) in [5, 5.41) is 0. The number of hydrogen-bond acceptors (Lipinski definition) is 3. The first-order valence-electron chi connectivity index (χ1n) is 6.31. The van der Waals surface area contributed by atoms with Gasteiger partial charge in [-0.25, -0.2) is 4.39 Å². The van der Waals surface area contributed by atoms with Crippen LogP contribution in [0.25, 0.3) is 0 Å². The molecule has 4 heteroatoms. The number of benzene rings is 1. The molecular formula is C14H18FNO2. The lowest BCUT2D eigenvalue weighted by molar-refractivity contribution is -0.119. The van der Waals surface area contributed by atoms with Gasteiger partial charge in [0, 0.05) is 26.1 Å². The molecule has 0 spiro atoms. The Kier molecular flexibility index (Phi) is 4.84. The fourth-order valence-corrected chi connectivity index (χ4v) is 2.12. The minimum absolute atomic E-state index is 0.0574. The summed E-state index contributed by atoms with van der Waals surface area (Å²) in [4.78, 5) is 14.0. The van der Waals surface area contributed by atoms with Crippen molar-refractivity contribution in [2.45, 2.75) is 12.8 Å². The summed E-state index contributed by atoms with van der Waals surface area (Å²) in [5.41, 5.74) is 0.480. The Balaban J connectivity index is 1.86. The highest BCUT2D eigenvalue weighted by molar-refractivity contribution is 5.82. The van der Waals surface area contributed by atoms with E-state index in [1.54, 1.807) is 18.2 Å². The smallest absolute Gasteiger partial charge is 0.151 e. The number of nitrogens with zero attached hydrogens (tertiary/aromatic N) is 1. The summed E-state index contributed by atoms with van der Waals surface area (Å²) >= 11 is 0. The highest BCUT2D eigenvalue weighted by Gasteiger charge is 2.14. The van der Waals surface area contributed by atoms with Gasteiger partial charge in [0.1, 0.15) is 5.82 Å². The average Bonchev–Trinajstić information content (AvgIpc) is 2.61. The van der Waals surface area contributed by atoms with Crippen molar-refractivity contribution in [1.29, 1.82) is 0 Å². The summed E-state index contributed by atoms with van der Waals surface area (Å²) in [6.45, 7) is 3.48. The lowest BCUT2D eigenvalue weighted by Crippen LogP contribution is -2.32. The van der Waals surface area contributed by atoms with Crippen molar-refractivity contribution in [3.63, 3.8) is 0 Å². The summed E-state index contributed by atoms with van der Waals surface area (Å²) in [5.74, 6) is -0.243. The summed E-state index contributed by atoms with van der Waals surface area (Å²) in [6, 6.07) is 6.45. The Morgan fingerprint density at radius 1 is 1.28 bits per heavy atom. The number of hydrogen-bond donors (Lipinski definition) is 0. The highest BCUT2D eigenvalue weighted by Crippen LogP contribution is 2.08. The fourth-order valence-electron chi connectivity index (χ4n) is 2.12. The van der Waals surface area contributed by atoms with Gasteiger partial charge in [-0.15, -0.1) is 0 Å². The molecular weight excluding hydrogens is 233 g/mol. The molecule has 98 valence electrons. The van der Waals surface area contributed by atoms with Crippen molar-refractivity contribution in [2.75, 3.05) is 32.8 Å². The Labute approximate surface area is 107 Å². The van der Waals surface area contributed by atoms with Crippen LogP contribution < -0.4 is 0 Å². The van der Waals surface area contributed by atoms with Crippen LogP contribution in [0.4, 0.5) is 4.39 Å². The third-order valence-electron chi connectivity index (χ3n) is 3.06. The van der Waals surface area contributed by atoms with Gasteiger partial charge in [0.25, 0.3) is 0 Å². The Morgan fingerprint density at radius 2 is 2.11 bits per heavy atom. The predicted octanol–water partition coefficient (Wildman–Crippen LogP) is 1.66. The zero-order valence-corrected chi connectivity index (χ0v) is 10.4. The average molecular weight is 251 g/mol. The molecule has 1 saturated heterocycles. The molecule has 0 atom stereocenters. The van der Waals surface area contributed by atoms with Crippen molar-refractivity contribution in [1.82, 2.24) is 4.90 Å². The van der Waals surface area contributed by atoms with Gasteiger partial charge in [0.2, 0.25) is 0 Å². The van der Waals surface area contributed by atoms with Gasteiger partial charge in [-0.05, 0) is 18.1 Å². The standard InChI is InChI=1S/C14H18FNO2/c15-14-5-2-1-4-12(14)10-13(17)11-16-6-3-8-18-9-7-16/h1-2,4-5H,3,6-11H2. The van der Waals surface area contributed by atoms with E-state index < -0.39 is 0 Å². The number of rotatable bonds is 4. The van der Waals surface area contributed by atoms with Crippen LogP contribution in [0.1, 0.15) is 12.0 Å². The minimum atomic E-state index is -0.301. The first kappa shape index (κ1) is 13.2. The van der Waals surface area contributed by atoms with Crippen LogP contribution in [0.3, 0.4) is 0 Å². The van der Waals surface area contributed by atoms with Gasteiger partial charge in [-0.2, -0.15) is 0 Å². The molecule has 0 unspecified atom stereocenters. The largest absolute Gasteiger partial charge is 0.380 e. The molecule has 1 aliphatic rings. The molecule has 1 fully saturated rings. The van der Waals surface area contributed by atoms with E-state index >= 15 is 0 Å². The van der Waals surface area contributed by atoms with Crippen molar-refractivity contribution >= 4 is 5.78 Å². The van der Waals surface area contributed by atoms with Gasteiger partial charge in [-0.3, -0.25) is 9.69 Å². The third-order valence-corrected chi connectivity index (χ3v) is 3.06. The summed E-state index contributed by atoms with van der Waals surface area (Å²) in [7, 11) is 0. The van der Waals surface area contributed by atoms with E-state index in [-0.39, 0.29) is 18.0 Å². The van der Waals surface area contributed by atoms with Crippen molar-refractivity contribution in [3.05, 3.63) is 35.6 Å². The van der Waals surface area contributed by atoms with E-state index in [1.807, 2.05) is 0 Å². The van der Waals surface area contributed by atoms with Crippen LogP contribution in [0.2, 0.25) is 0 Å². The highest BCUT2D eigenvalue weighted by atomic mass is 19.1. The number of carbonyl (C=O) groups excluding carboxylic acids is 1. The second-order valence-electron chi connectivity index (χ2n) is 4.55. The zero-order chi connectivity index (χ0) is 12.8. The third kappa shape index (κ3) is 3.89. The van der Waals surface area contributed by atoms with Crippen LogP contribution in [0.5, 0.6) is 0 Å². The van der Waals surface area contributed by atoms with Crippen LogP contribution in [-0.4, -0.2) is 43.5 Å². The molecule has 0 aliphatic carbocycles. The molecule has 0 amide bonds. The molecule has 1 aromatic carbocycles. The lowest BCUT2D eigenvalue weighted by Gasteiger charge is -2.17. The van der Waals surface area contributed by atoms with E-state index in [0.717, 1.165) is 26.1 Å². The van der Waals surface area contributed by atoms with Crippen molar-refractivity contribution in [3.8, 4) is 0 Å². The molecule has 18 heavy (non-hydrogen) atoms. The van der Waals surface area contributed by atoms with Gasteiger partial charge in [0.15, 0.2) is 5.78 Å². The van der Waals surface area contributed by atoms with Gasteiger partial charge in [0.05, 0.1) is 13.2 Å². The Bertz CT molecular complexity index is 401. The topological polar surface area (TPSA) is 29.5 Å². The van der Waals surface area contributed by atoms with E-state index in [9.17, 15) is 9.18 Å². The van der Waals surface area contributed by atoms with Crippen molar-refractivity contribution < 1.29 is 13.9 Å². The Morgan fingerprint density at radius 3 is 2.94 bits per heavy atom.